The topological polar surface area (TPSA) is 84.9 Å². The van der Waals surface area contributed by atoms with Crippen molar-refractivity contribution in [3.8, 4) is 5.75 Å². The van der Waals surface area contributed by atoms with Gasteiger partial charge in [0.15, 0.2) is 0 Å². The Balaban J connectivity index is 1.39. The first-order valence-corrected chi connectivity index (χ1v) is 16.9. The molecule has 1 amide bonds. The zero-order chi connectivity index (χ0) is 28.6. The van der Waals surface area contributed by atoms with Crippen molar-refractivity contribution in [3.63, 3.8) is 0 Å². The number of benzene rings is 2. The van der Waals surface area contributed by atoms with Crippen LogP contribution in [-0.2, 0) is 27.8 Å². The van der Waals surface area contributed by atoms with Crippen LogP contribution in [0.25, 0.3) is 0 Å². The van der Waals surface area contributed by atoms with E-state index >= 15 is 0 Å². The Bertz CT molecular complexity index is 1440. The largest absolute Gasteiger partial charge is 0.487 e. The molecule has 0 aromatic heterocycles. The van der Waals surface area contributed by atoms with Crippen molar-refractivity contribution in [1.29, 1.82) is 0 Å². The molecule has 0 spiro atoms. The number of anilines is 1. The van der Waals surface area contributed by atoms with E-state index in [1.54, 1.807) is 13.2 Å². The molecule has 1 N–H and O–H groups in total. The van der Waals surface area contributed by atoms with Crippen LogP contribution < -0.4 is 14.4 Å². The number of allylic oxidation sites excluding steroid dienone is 1. The number of rotatable bonds is 1. The molecule has 2 aromatic carbocycles. The molecule has 7 nitrogen and oxygen atoms in total. The molecule has 1 fully saturated rings. The lowest BCUT2D eigenvalue weighted by Gasteiger charge is -2.45. The first kappa shape index (κ1) is 28.6. The first-order chi connectivity index (χ1) is 19.8. The number of fused-ring (bicyclic) bond motifs is 6. The van der Waals surface area contributed by atoms with Crippen molar-refractivity contribution < 1.29 is 22.7 Å². The minimum Gasteiger partial charge on any atom is -0.487 e. The minimum atomic E-state index is -3.79. The van der Waals surface area contributed by atoms with Gasteiger partial charge in [0.1, 0.15) is 12.4 Å². The molecule has 1 saturated carbocycles. The van der Waals surface area contributed by atoms with E-state index in [1.807, 2.05) is 30.3 Å². The number of halogens is 1. The summed E-state index contributed by atoms with van der Waals surface area (Å²) in [5, 5.41) is 0.725. The van der Waals surface area contributed by atoms with Crippen molar-refractivity contribution in [2.24, 2.45) is 17.8 Å². The van der Waals surface area contributed by atoms with E-state index in [4.69, 9.17) is 21.1 Å². The predicted octanol–water partition coefficient (Wildman–Crippen LogP) is 5.90. The third-order valence-electron chi connectivity index (χ3n) is 9.43. The maximum atomic E-state index is 13.3. The highest BCUT2D eigenvalue weighted by Gasteiger charge is 2.41. The quantitative estimate of drug-likeness (QED) is 0.411. The number of methoxy groups -OCH3 is 1. The Morgan fingerprint density at radius 1 is 1.05 bits per heavy atom. The van der Waals surface area contributed by atoms with Crippen molar-refractivity contribution in [2.45, 2.75) is 64.1 Å². The zero-order valence-corrected chi connectivity index (χ0v) is 25.2. The third kappa shape index (κ3) is 6.30. The van der Waals surface area contributed by atoms with Gasteiger partial charge in [-0.3, -0.25) is 4.79 Å². The zero-order valence-electron chi connectivity index (χ0n) is 23.6. The second-order valence-electron chi connectivity index (χ2n) is 12.1. The number of hydrogen-bond acceptors (Lipinski definition) is 6. The van der Waals surface area contributed by atoms with Gasteiger partial charge in [-0.15, -0.1) is 0 Å². The number of ether oxygens (including phenoxy) is 2. The van der Waals surface area contributed by atoms with Crippen molar-refractivity contribution >= 4 is 33.2 Å². The van der Waals surface area contributed by atoms with Crippen LogP contribution in [0.1, 0.15) is 66.4 Å². The summed E-state index contributed by atoms with van der Waals surface area (Å²) in [6, 6.07) is 11.2. The van der Waals surface area contributed by atoms with Gasteiger partial charge in [-0.25, -0.2) is 13.1 Å². The minimum absolute atomic E-state index is 0.0132. The van der Waals surface area contributed by atoms with E-state index in [-0.39, 0.29) is 17.8 Å². The summed E-state index contributed by atoms with van der Waals surface area (Å²) in [6.45, 7) is 2.03. The highest BCUT2D eigenvalue weighted by Crippen LogP contribution is 2.44. The standard InChI is InChI=1S/C32H39ClN2O5S/c1-39-31-22-7-5-21(6-8-22)20-41(37,38)34-32(36)24-11-14-30-29(17-24)35(18-25-10-13-28(25)31)15-3-2-4-23-16-27(33)12-9-26(23)19-40-30/h7,9,11-12,14,16-17,21,25,28,31H,2-6,8,10,13,15,18-20H2,1H3,(H,34,36)/t21-,25-,28+,31?/m0/s1. The Kier molecular flexibility index (Phi) is 8.35. The molecule has 7 rings (SSSR count). The second-order valence-corrected chi connectivity index (χ2v) is 14.3. The number of carbonyl (C=O) groups excluding carboxylic acids is 1. The smallest absolute Gasteiger partial charge is 0.264 e. The summed E-state index contributed by atoms with van der Waals surface area (Å²) in [5.74, 6) is 0.894. The van der Waals surface area contributed by atoms with Gasteiger partial charge in [-0.2, -0.15) is 0 Å². The van der Waals surface area contributed by atoms with Crippen molar-refractivity contribution in [1.82, 2.24) is 4.72 Å². The lowest BCUT2D eigenvalue weighted by Crippen LogP contribution is -2.45. The molecule has 3 heterocycles. The van der Waals surface area contributed by atoms with Crippen molar-refractivity contribution in [2.75, 3.05) is 30.9 Å². The Labute approximate surface area is 248 Å². The molecule has 2 aromatic rings. The maximum Gasteiger partial charge on any atom is 0.264 e. The van der Waals surface area contributed by atoms with Crippen LogP contribution in [-0.4, -0.2) is 46.4 Å². The average Bonchev–Trinajstić information content (AvgIpc) is 2.96. The van der Waals surface area contributed by atoms with Crippen LogP contribution in [0.2, 0.25) is 5.02 Å². The normalized spacial score (nSPS) is 28.1. The van der Waals surface area contributed by atoms with Gasteiger partial charge >= 0.3 is 0 Å². The summed E-state index contributed by atoms with van der Waals surface area (Å²) >= 11 is 6.32. The molecule has 4 atom stereocenters. The molecule has 2 aliphatic carbocycles. The van der Waals surface area contributed by atoms with Crippen molar-refractivity contribution in [3.05, 3.63) is 69.8 Å². The van der Waals surface area contributed by atoms with E-state index in [1.165, 1.54) is 11.1 Å². The lowest BCUT2D eigenvalue weighted by atomic mass is 9.67. The first-order valence-electron chi connectivity index (χ1n) is 14.9. The van der Waals surface area contributed by atoms with Crippen LogP contribution in [0.15, 0.2) is 48.0 Å². The van der Waals surface area contributed by atoms with Crippen LogP contribution >= 0.6 is 11.6 Å². The van der Waals surface area contributed by atoms with E-state index < -0.39 is 15.9 Å². The molecule has 41 heavy (non-hydrogen) atoms. The van der Waals surface area contributed by atoms with Gasteiger partial charge in [0.05, 0.1) is 17.5 Å². The predicted molar refractivity (Wildman–Crippen MR) is 161 cm³/mol. The number of nitrogens with zero attached hydrogens (tertiary/aromatic N) is 1. The molecule has 220 valence electrons. The van der Waals surface area contributed by atoms with Gasteiger partial charge in [-0.1, -0.05) is 23.7 Å². The monoisotopic (exact) mass is 598 g/mol. The third-order valence-corrected chi connectivity index (χ3v) is 11.1. The van der Waals surface area contributed by atoms with Crippen LogP contribution in [0.5, 0.6) is 5.75 Å². The Morgan fingerprint density at radius 3 is 2.68 bits per heavy atom. The Hall–Kier alpha value is -2.55. The number of sulfonamides is 1. The molecule has 4 bridgehead atoms. The number of amides is 1. The number of carbonyl (C=O) groups is 1. The molecule has 5 aliphatic rings. The van der Waals surface area contributed by atoms with Gasteiger partial charge in [-0.05, 0) is 116 Å². The van der Waals surface area contributed by atoms with Crippen LogP contribution in [0.4, 0.5) is 5.69 Å². The summed E-state index contributed by atoms with van der Waals surface area (Å²) < 4.78 is 40.9. The van der Waals surface area contributed by atoms with E-state index in [0.29, 0.717) is 36.2 Å². The fraction of sp³-hybridized carbons (Fsp3) is 0.531. The fourth-order valence-corrected chi connectivity index (χ4v) is 8.66. The second kappa shape index (κ2) is 12.0. The molecule has 0 saturated heterocycles. The SMILES string of the molecule is COC1C2=CC[C@@H](CC2)CS(=O)(=O)NC(=O)c2ccc3c(c2)N(CCCCc2cc(Cl)ccc2CO3)C[C@@H]2CC[C@@H]12. The van der Waals surface area contributed by atoms with Crippen LogP contribution in [0.3, 0.4) is 0 Å². The number of hydrogen-bond donors (Lipinski definition) is 1. The molecule has 3 aliphatic heterocycles. The van der Waals surface area contributed by atoms with E-state index in [0.717, 1.165) is 74.3 Å². The molecule has 0 radical (unpaired) electrons. The highest BCUT2D eigenvalue weighted by atomic mass is 35.5. The Morgan fingerprint density at radius 2 is 1.93 bits per heavy atom. The fourth-order valence-electron chi connectivity index (χ4n) is 7.05. The van der Waals surface area contributed by atoms with Gasteiger partial charge < -0.3 is 14.4 Å². The van der Waals surface area contributed by atoms with Gasteiger partial charge in [0.2, 0.25) is 10.0 Å². The number of nitrogens with one attached hydrogen (secondary N) is 1. The number of aryl methyl sites for hydroxylation is 1. The molecular weight excluding hydrogens is 560 g/mol. The summed E-state index contributed by atoms with van der Waals surface area (Å²) in [4.78, 5) is 15.6. The van der Waals surface area contributed by atoms with Crippen LogP contribution in [0, 0.1) is 17.8 Å². The maximum absolute atomic E-state index is 13.3. The molecule has 1 unspecified atom stereocenters. The summed E-state index contributed by atoms with van der Waals surface area (Å²) in [7, 11) is -1.98. The van der Waals surface area contributed by atoms with Gasteiger partial charge in [0.25, 0.3) is 5.91 Å². The van der Waals surface area contributed by atoms with E-state index in [9.17, 15) is 13.2 Å². The average molecular weight is 599 g/mol. The highest BCUT2D eigenvalue weighted by molar-refractivity contribution is 7.90. The van der Waals surface area contributed by atoms with E-state index in [2.05, 4.69) is 15.7 Å². The molecular formula is C32H39ClN2O5S. The molecule has 9 heteroatoms. The summed E-state index contributed by atoms with van der Waals surface area (Å²) in [5.41, 5.74) is 4.75. The lowest BCUT2D eigenvalue weighted by molar-refractivity contribution is 0.00348. The van der Waals surface area contributed by atoms with Gasteiger partial charge in [0, 0.05) is 30.8 Å². The summed E-state index contributed by atoms with van der Waals surface area (Å²) in [6.07, 6.45) is 9.71.